The number of halogens is 1. The fourth-order valence-electron chi connectivity index (χ4n) is 5.12. The summed E-state index contributed by atoms with van der Waals surface area (Å²) in [6.07, 6.45) is 3.00. The van der Waals surface area contributed by atoms with Gasteiger partial charge in [-0.2, -0.15) is 0 Å². The molecular formula is C31H34ClN3O3. The highest BCUT2D eigenvalue weighted by Gasteiger charge is 2.20. The number of carbonyl (C=O) groups is 1. The first-order valence-corrected chi connectivity index (χ1v) is 13.6. The molecule has 0 unspecified atom stereocenters. The molecule has 198 valence electrons. The molecule has 1 aliphatic rings. The Morgan fingerprint density at radius 3 is 2.26 bits per heavy atom. The standard InChI is InChI=1S/C31H34ClN3O3/c1-37-29-10-5-9-27-28(31(36)24-7-3-2-4-8-24)23-35(30(27)29)16-6-15-33-17-19-34(20-18-33)21-22-38-26-13-11-25(32)12-14-26/h2-5,7-14,23H,6,15-22H2,1H3. The van der Waals surface area contributed by atoms with E-state index in [1.54, 1.807) is 7.11 Å². The molecule has 0 bridgehead atoms. The second-order valence-electron chi connectivity index (χ2n) is 9.63. The maximum Gasteiger partial charge on any atom is 0.195 e. The zero-order valence-corrected chi connectivity index (χ0v) is 22.6. The number of rotatable bonds is 11. The van der Waals surface area contributed by atoms with Crippen LogP contribution in [0.3, 0.4) is 0 Å². The average Bonchev–Trinajstić information content (AvgIpc) is 3.34. The monoisotopic (exact) mass is 531 g/mol. The summed E-state index contributed by atoms with van der Waals surface area (Å²) in [7, 11) is 1.69. The van der Waals surface area contributed by atoms with Crippen molar-refractivity contribution in [3.63, 3.8) is 0 Å². The molecule has 1 fully saturated rings. The lowest BCUT2D eigenvalue weighted by Crippen LogP contribution is -2.47. The van der Waals surface area contributed by atoms with Gasteiger partial charge in [0.1, 0.15) is 18.1 Å². The predicted molar refractivity (Wildman–Crippen MR) is 153 cm³/mol. The summed E-state index contributed by atoms with van der Waals surface area (Å²) in [5.41, 5.74) is 2.41. The largest absolute Gasteiger partial charge is 0.495 e. The van der Waals surface area contributed by atoms with Gasteiger partial charge in [-0.3, -0.25) is 9.69 Å². The molecule has 1 aromatic heterocycles. The number of benzene rings is 3. The van der Waals surface area contributed by atoms with Crippen molar-refractivity contribution in [2.45, 2.75) is 13.0 Å². The maximum absolute atomic E-state index is 13.3. The Morgan fingerprint density at radius 2 is 1.55 bits per heavy atom. The molecule has 4 aromatic rings. The molecule has 0 radical (unpaired) electrons. The van der Waals surface area contributed by atoms with Crippen LogP contribution < -0.4 is 9.47 Å². The number of aromatic nitrogens is 1. The number of para-hydroxylation sites is 1. The lowest BCUT2D eigenvalue weighted by atomic mass is 10.0. The van der Waals surface area contributed by atoms with Crippen molar-refractivity contribution in [1.82, 2.24) is 14.4 Å². The molecule has 0 atom stereocenters. The Kier molecular flexibility index (Phi) is 8.64. The number of ether oxygens (including phenoxy) is 2. The van der Waals surface area contributed by atoms with E-state index in [1.165, 1.54) is 0 Å². The van der Waals surface area contributed by atoms with E-state index in [-0.39, 0.29) is 5.78 Å². The van der Waals surface area contributed by atoms with E-state index in [0.717, 1.165) is 85.2 Å². The number of methoxy groups -OCH3 is 1. The van der Waals surface area contributed by atoms with Crippen molar-refractivity contribution in [1.29, 1.82) is 0 Å². The summed E-state index contributed by atoms with van der Waals surface area (Å²) in [6, 6.07) is 22.9. The van der Waals surface area contributed by atoms with Gasteiger partial charge in [0.25, 0.3) is 0 Å². The Labute approximate surface area is 229 Å². The fourth-order valence-corrected chi connectivity index (χ4v) is 5.24. The first-order chi connectivity index (χ1) is 18.6. The zero-order chi connectivity index (χ0) is 26.3. The van der Waals surface area contributed by atoms with Gasteiger partial charge in [-0.05, 0) is 43.3 Å². The van der Waals surface area contributed by atoms with Crippen LogP contribution in [-0.2, 0) is 6.54 Å². The molecule has 6 nitrogen and oxygen atoms in total. The van der Waals surface area contributed by atoms with Crippen LogP contribution in [0.5, 0.6) is 11.5 Å². The molecule has 0 saturated carbocycles. The Balaban J connectivity index is 1.15. The number of fused-ring (bicyclic) bond motifs is 1. The quantitative estimate of drug-likeness (QED) is 0.235. The predicted octanol–water partition coefficient (Wildman–Crippen LogP) is 5.62. The second-order valence-corrected chi connectivity index (χ2v) is 10.1. The zero-order valence-electron chi connectivity index (χ0n) is 21.8. The minimum absolute atomic E-state index is 0.0405. The number of carbonyl (C=O) groups excluding carboxylic acids is 1. The molecule has 2 heterocycles. The molecule has 0 N–H and O–H groups in total. The van der Waals surface area contributed by atoms with Crippen LogP contribution in [0, 0.1) is 0 Å². The van der Waals surface area contributed by atoms with E-state index in [9.17, 15) is 4.79 Å². The topological polar surface area (TPSA) is 46.9 Å². The summed E-state index contributed by atoms with van der Waals surface area (Å²) in [5, 5.41) is 1.66. The third-order valence-corrected chi connectivity index (χ3v) is 7.44. The highest BCUT2D eigenvalue weighted by atomic mass is 35.5. The van der Waals surface area contributed by atoms with E-state index in [4.69, 9.17) is 21.1 Å². The van der Waals surface area contributed by atoms with Crippen molar-refractivity contribution in [2.75, 3.05) is 53.0 Å². The number of piperazine rings is 1. The van der Waals surface area contributed by atoms with Gasteiger partial charge in [0.15, 0.2) is 5.78 Å². The minimum Gasteiger partial charge on any atom is -0.495 e. The highest BCUT2D eigenvalue weighted by Crippen LogP contribution is 2.31. The number of nitrogens with zero attached hydrogens (tertiary/aromatic N) is 3. The number of hydrogen-bond acceptors (Lipinski definition) is 5. The highest BCUT2D eigenvalue weighted by molar-refractivity contribution is 6.30. The number of hydrogen-bond donors (Lipinski definition) is 0. The smallest absolute Gasteiger partial charge is 0.195 e. The molecule has 3 aromatic carbocycles. The van der Waals surface area contributed by atoms with Gasteiger partial charge >= 0.3 is 0 Å². The van der Waals surface area contributed by atoms with Gasteiger partial charge in [0.05, 0.1) is 12.6 Å². The van der Waals surface area contributed by atoms with Crippen LogP contribution in [0.1, 0.15) is 22.3 Å². The van der Waals surface area contributed by atoms with E-state index in [0.29, 0.717) is 12.2 Å². The summed E-state index contributed by atoms with van der Waals surface area (Å²) >= 11 is 5.94. The Hall–Kier alpha value is -3.32. The molecular weight excluding hydrogens is 498 g/mol. The normalized spacial score (nSPS) is 14.6. The van der Waals surface area contributed by atoms with Crippen LogP contribution in [0.25, 0.3) is 10.9 Å². The van der Waals surface area contributed by atoms with E-state index in [2.05, 4.69) is 14.4 Å². The molecule has 0 aliphatic carbocycles. The number of ketones is 1. The molecule has 7 heteroatoms. The Bertz CT molecular complexity index is 1350. The van der Waals surface area contributed by atoms with Crippen molar-refractivity contribution in [2.24, 2.45) is 0 Å². The summed E-state index contributed by atoms with van der Waals surface area (Å²) < 4.78 is 13.7. The van der Waals surface area contributed by atoms with Crippen LogP contribution in [-0.4, -0.2) is 73.1 Å². The minimum atomic E-state index is 0.0405. The fraction of sp³-hybridized carbons (Fsp3) is 0.323. The molecule has 5 rings (SSSR count). The summed E-state index contributed by atoms with van der Waals surface area (Å²) in [5.74, 6) is 1.69. The number of aryl methyl sites for hydroxylation is 1. The molecule has 1 saturated heterocycles. The van der Waals surface area contributed by atoms with E-state index in [1.807, 2.05) is 79.0 Å². The SMILES string of the molecule is COc1cccc2c(C(=O)c3ccccc3)cn(CCCN3CCN(CCOc4ccc(Cl)cc4)CC3)c12. The van der Waals surface area contributed by atoms with Gasteiger partial charge in [0, 0.05) is 67.0 Å². The summed E-state index contributed by atoms with van der Waals surface area (Å²) in [4.78, 5) is 18.3. The van der Waals surface area contributed by atoms with Crippen LogP contribution >= 0.6 is 11.6 Å². The molecule has 0 spiro atoms. The van der Waals surface area contributed by atoms with Crippen molar-refractivity contribution in [3.8, 4) is 11.5 Å². The van der Waals surface area contributed by atoms with Crippen LogP contribution in [0.4, 0.5) is 0 Å². The second kappa shape index (κ2) is 12.5. The lowest BCUT2D eigenvalue weighted by molar-refractivity contribution is 0.104. The van der Waals surface area contributed by atoms with E-state index >= 15 is 0 Å². The first-order valence-electron chi connectivity index (χ1n) is 13.2. The van der Waals surface area contributed by atoms with E-state index < -0.39 is 0 Å². The van der Waals surface area contributed by atoms with Gasteiger partial charge < -0.3 is 18.9 Å². The van der Waals surface area contributed by atoms with Gasteiger partial charge in [0.2, 0.25) is 0 Å². The van der Waals surface area contributed by atoms with Gasteiger partial charge in [-0.15, -0.1) is 0 Å². The van der Waals surface area contributed by atoms with Crippen LogP contribution in [0.15, 0.2) is 79.0 Å². The van der Waals surface area contributed by atoms with Gasteiger partial charge in [-0.1, -0.05) is 54.1 Å². The van der Waals surface area contributed by atoms with Crippen molar-refractivity contribution >= 4 is 28.3 Å². The molecule has 1 aliphatic heterocycles. The maximum atomic E-state index is 13.3. The third kappa shape index (κ3) is 6.21. The molecule has 0 amide bonds. The van der Waals surface area contributed by atoms with Crippen molar-refractivity contribution in [3.05, 3.63) is 95.1 Å². The van der Waals surface area contributed by atoms with Crippen molar-refractivity contribution < 1.29 is 14.3 Å². The summed E-state index contributed by atoms with van der Waals surface area (Å²) in [6.45, 7) is 7.63. The third-order valence-electron chi connectivity index (χ3n) is 7.19. The van der Waals surface area contributed by atoms with Gasteiger partial charge in [-0.25, -0.2) is 0 Å². The first kappa shape index (κ1) is 26.3. The molecule has 38 heavy (non-hydrogen) atoms. The van der Waals surface area contributed by atoms with Crippen LogP contribution in [0.2, 0.25) is 5.02 Å². The Morgan fingerprint density at radius 1 is 0.842 bits per heavy atom. The average molecular weight is 532 g/mol. The lowest BCUT2D eigenvalue weighted by Gasteiger charge is -2.34.